The number of nitrogens with one attached hydrogen (secondary N) is 2. The Hall–Kier alpha value is -2.86. The summed E-state index contributed by atoms with van der Waals surface area (Å²) in [7, 11) is 1.30. The maximum atomic E-state index is 12.0. The van der Waals surface area contributed by atoms with E-state index in [9.17, 15) is 9.59 Å². The Morgan fingerprint density at radius 1 is 1.17 bits per heavy atom. The molecular formula is C24H32N2O4. The number of methoxy groups -OCH3 is 1. The van der Waals surface area contributed by atoms with E-state index in [1.807, 2.05) is 12.1 Å². The zero-order valence-corrected chi connectivity index (χ0v) is 18.2. The fourth-order valence-electron chi connectivity index (χ4n) is 3.62. The summed E-state index contributed by atoms with van der Waals surface area (Å²) in [6.45, 7) is 6.09. The van der Waals surface area contributed by atoms with Gasteiger partial charge in [-0.2, -0.15) is 0 Å². The predicted molar refractivity (Wildman–Crippen MR) is 119 cm³/mol. The fraction of sp³-hybridized carbons (Fsp3) is 0.417. The van der Waals surface area contributed by atoms with Crippen LogP contribution in [-0.4, -0.2) is 37.2 Å². The lowest BCUT2D eigenvalue weighted by Crippen LogP contribution is -2.31. The van der Waals surface area contributed by atoms with Crippen molar-refractivity contribution in [1.29, 1.82) is 0 Å². The lowest BCUT2D eigenvalue weighted by atomic mass is 9.91. The second kappa shape index (κ2) is 11.4. The molecule has 0 spiro atoms. The van der Waals surface area contributed by atoms with Gasteiger partial charge in [0.25, 0.3) is 0 Å². The maximum Gasteiger partial charge on any atom is 0.325 e. The van der Waals surface area contributed by atoms with E-state index < -0.39 is 5.97 Å². The summed E-state index contributed by atoms with van der Waals surface area (Å²) >= 11 is 0. The van der Waals surface area contributed by atoms with E-state index in [-0.39, 0.29) is 25.5 Å². The number of hydrogen-bond acceptors (Lipinski definition) is 5. The first-order valence-corrected chi connectivity index (χ1v) is 10.3. The second-order valence-electron chi connectivity index (χ2n) is 7.49. The van der Waals surface area contributed by atoms with E-state index in [0.717, 1.165) is 24.1 Å². The number of anilines is 1. The number of esters is 1. The van der Waals surface area contributed by atoms with Crippen LogP contribution in [0.25, 0.3) is 0 Å². The van der Waals surface area contributed by atoms with Crippen LogP contribution in [0.5, 0.6) is 0 Å². The second-order valence-corrected chi connectivity index (χ2v) is 7.49. The van der Waals surface area contributed by atoms with Crippen LogP contribution in [0.3, 0.4) is 0 Å². The van der Waals surface area contributed by atoms with Gasteiger partial charge in [0.1, 0.15) is 6.54 Å². The average Bonchev–Trinajstić information content (AvgIpc) is 2.71. The van der Waals surface area contributed by atoms with Crippen molar-refractivity contribution in [3.8, 4) is 0 Å². The molecule has 0 bridgehead atoms. The molecule has 3 N–H and O–H groups in total. The molecule has 1 amide bonds. The SMILES string of the molecule is CCO.COC(=O)CNC(=O)Cc1ccc2c(c1)CC[C@@H](c1cc(C)cc(C)c1)N2. The van der Waals surface area contributed by atoms with Crippen molar-refractivity contribution in [2.24, 2.45) is 0 Å². The van der Waals surface area contributed by atoms with Crippen LogP contribution in [0, 0.1) is 13.8 Å². The molecule has 30 heavy (non-hydrogen) atoms. The van der Waals surface area contributed by atoms with Crippen molar-refractivity contribution in [2.75, 3.05) is 25.6 Å². The van der Waals surface area contributed by atoms with Gasteiger partial charge in [-0.25, -0.2) is 0 Å². The molecule has 3 rings (SSSR count). The third-order valence-electron chi connectivity index (χ3n) is 4.87. The zero-order chi connectivity index (χ0) is 22.1. The topological polar surface area (TPSA) is 87.7 Å². The summed E-state index contributed by atoms with van der Waals surface area (Å²) in [6, 6.07) is 13.1. The Bertz CT molecular complexity index is 859. The number of benzene rings is 2. The van der Waals surface area contributed by atoms with Crippen LogP contribution in [0.4, 0.5) is 5.69 Å². The van der Waals surface area contributed by atoms with Gasteiger partial charge >= 0.3 is 5.97 Å². The lowest BCUT2D eigenvalue weighted by molar-refractivity contribution is -0.141. The highest BCUT2D eigenvalue weighted by Gasteiger charge is 2.20. The third-order valence-corrected chi connectivity index (χ3v) is 4.87. The molecule has 0 aliphatic carbocycles. The molecule has 0 radical (unpaired) electrons. The predicted octanol–water partition coefficient (Wildman–Crippen LogP) is 3.23. The molecular weight excluding hydrogens is 380 g/mol. The number of aliphatic hydroxyl groups excluding tert-OH is 1. The van der Waals surface area contributed by atoms with Gasteiger partial charge in [-0.3, -0.25) is 9.59 Å². The Labute approximate surface area is 178 Å². The van der Waals surface area contributed by atoms with Crippen molar-refractivity contribution in [3.63, 3.8) is 0 Å². The summed E-state index contributed by atoms with van der Waals surface area (Å²) < 4.78 is 4.52. The molecule has 6 nitrogen and oxygen atoms in total. The summed E-state index contributed by atoms with van der Waals surface area (Å²) in [5.41, 5.74) is 7.20. The molecule has 0 aromatic heterocycles. The number of carbonyl (C=O) groups is 2. The smallest absolute Gasteiger partial charge is 0.325 e. The normalized spacial score (nSPS) is 14.5. The largest absolute Gasteiger partial charge is 0.468 e. The van der Waals surface area contributed by atoms with Gasteiger partial charge in [0, 0.05) is 12.3 Å². The standard InChI is InChI=1S/C22H26N2O3.C2H6O/c1-14-8-15(2)10-18(9-14)20-7-5-17-11-16(4-6-19(17)24-20)12-21(25)23-13-22(26)27-3;1-2-3/h4,6,8-11,20,24H,5,7,12-13H2,1-3H3,(H,23,25);3H,2H2,1H3/t20-;/m0./s1. The summed E-state index contributed by atoms with van der Waals surface area (Å²) in [5.74, 6) is -0.632. The van der Waals surface area contributed by atoms with Crippen molar-refractivity contribution in [3.05, 3.63) is 64.2 Å². The molecule has 162 valence electrons. The van der Waals surface area contributed by atoms with Crippen LogP contribution >= 0.6 is 0 Å². The van der Waals surface area contributed by atoms with E-state index in [1.165, 1.54) is 29.4 Å². The highest BCUT2D eigenvalue weighted by Crippen LogP contribution is 2.33. The van der Waals surface area contributed by atoms with Crippen molar-refractivity contribution < 1.29 is 19.4 Å². The maximum absolute atomic E-state index is 12.0. The number of rotatable bonds is 5. The van der Waals surface area contributed by atoms with Crippen molar-refractivity contribution in [1.82, 2.24) is 5.32 Å². The quantitative estimate of drug-likeness (QED) is 0.657. The molecule has 6 heteroatoms. The van der Waals surface area contributed by atoms with Gasteiger partial charge in [-0.1, -0.05) is 41.5 Å². The molecule has 0 saturated carbocycles. The fourth-order valence-corrected chi connectivity index (χ4v) is 3.62. The monoisotopic (exact) mass is 412 g/mol. The molecule has 1 atom stereocenters. The van der Waals surface area contributed by atoms with Crippen LogP contribution in [-0.2, 0) is 27.2 Å². The van der Waals surface area contributed by atoms with Crippen molar-refractivity contribution >= 4 is 17.6 Å². The van der Waals surface area contributed by atoms with Crippen LogP contribution < -0.4 is 10.6 Å². The molecule has 1 heterocycles. The summed E-state index contributed by atoms with van der Waals surface area (Å²) in [6.07, 6.45) is 2.25. The minimum atomic E-state index is -0.449. The van der Waals surface area contributed by atoms with Gasteiger partial charge in [0.15, 0.2) is 0 Å². The van der Waals surface area contributed by atoms with E-state index in [4.69, 9.17) is 5.11 Å². The molecule has 0 unspecified atom stereocenters. The Morgan fingerprint density at radius 2 is 1.83 bits per heavy atom. The van der Waals surface area contributed by atoms with E-state index in [2.05, 4.69) is 53.5 Å². The highest BCUT2D eigenvalue weighted by molar-refractivity contribution is 5.83. The number of hydrogen-bond donors (Lipinski definition) is 3. The van der Waals surface area contributed by atoms with Gasteiger partial charge in [-0.05, 0) is 56.4 Å². The molecule has 2 aromatic rings. The van der Waals surface area contributed by atoms with E-state index in [1.54, 1.807) is 6.92 Å². The van der Waals surface area contributed by atoms with Crippen molar-refractivity contribution in [2.45, 2.75) is 46.1 Å². The first-order chi connectivity index (χ1) is 14.4. The molecule has 0 saturated heterocycles. The van der Waals surface area contributed by atoms with Gasteiger partial charge in [-0.15, -0.1) is 0 Å². The lowest BCUT2D eigenvalue weighted by Gasteiger charge is -2.28. The average molecular weight is 413 g/mol. The third kappa shape index (κ3) is 6.88. The summed E-state index contributed by atoms with van der Waals surface area (Å²) in [4.78, 5) is 23.1. The Balaban J connectivity index is 0.00000101. The molecule has 1 aliphatic heterocycles. The number of amides is 1. The van der Waals surface area contributed by atoms with Gasteiger partial charge in [0.2, 0.25) is 5.91 Å². The molecule has 2 aromatic carbocycles. The highest BCUT2D eigenvalue weighted by atomic mass is 16.5. The number of aliphatic hydroxyl groups is 1. The van der Waals surface area contributed by atoms with Crippen LogP contribution in [0.15, 0.2) is 36.4 Å². The first kappa shape index (κ1) is 23.4. The Morgan fingerprint density at radius 3 is 2.47 bits per heavy atom. The van der Waals surface area contributed by atoms with Crippen LogP contribution in [0.2, 0.25) is 0 Å². The minimum Gasteiger partial charge on any atom is -0.468 e. The number of fused-ring (bicyclic) bond motifs is 1. The molecule has 0 fully saturated rings. The Kier molecular flexibility index (Phi) is 8.87. The van der Waals surface area contributed by atoms with Gasteiger partial charge < -0.3 is 20.5 Å². The number of aryl methyl sites for hydroxylation is 3. The van der Waals surface area contributed by atoms with Gasteiger partial charge in [0.05, 0.1) is 19.6 Å². The zero-order valence-electron chi connectivity index (χ0n) is 18.2. The van der Waals surface area contributed by atoms with Crippen LogP contribution in [0.1, 0.15) is 47.2 Å². The number of carbonyl (C=O) groups excluding carboxylic acids is 2. The minimum absolute atomic E-state index is 0.0978. The van der Waals surface area contributed by atoms with E-state index in [0.29, 0.717) is 6.04 Å². The molecule has 1 aliphatic rings. The number of ether oxygens (including phenoxy) is 1. The summed E-state index contributed by atoms with van der Waals surface area (Å²) in [5, 5.41) is 13.8. The van der Waals surface area contributed by atoms with E-state index >= 15 is 0 Å². The first-order valence-electron chi connectivity index (χ1n) is 10.3.